The normalized spacial score (nSPS) is 12.8. The third kappa shape index (κ3) is 4.13. The zero-order chi connectivity index (χ0) is 13.1. The minimum atomic E-state index is -2.07. The van der Waals surface area contributed by atoms with Gasteiger partial charge in [0.1, 0.15) is 0 Å². The molecule has 0 saturated carbocycles. The summed E-state index contributed by atoms with van der Waals surface area (Å²) in [5.74, 6) is 0. The minimum absolute atomic E-state index is 0.0564. The second kappa shape index (κ2) is 5.19. The van der Waals surface area contributed by atoms with Gasteiger partial charge in [-0.3, -0.25) is 4.98 Å². The van der Waals surface area contributed by atoms with Crippen molar-refractivity contribution < 1.29 is 4.80 Å². The Morgan fingerprint density at radius 2 is 2.00 bits per heavy atom. The molecule has 3 nitrogen and oxygen atoms in total. The molecule has 0 aliphatic heterocycles. The molecule has 0 unspecified atom stereocenters. The first-order chi connectivity index (χ1) is 7.72. The molecule has 1 rings (SSSR count). The van der Waals surface area contributed by atoms with Crippen molar-refractivity contribution in [3.05, 3.63) is 24.0 Å². The van der Waals surface area contributed by atoms with Crippen LogP contribution >= 0.6 is 0 Å². The van der Waals surface area contributed by atoms with E-state index in [1.54, 1.807) is 6.20 Å². The van der Waals surface area contributed by atoms with E-state index in [0.29, 0.717) is 5.69 Å². The number of aromatic nitrogens is 1. The van der Waals surface area contributed by atoms with Crippen LogP contribution in [0.15, 0.2) is 18.3 Å². The lowest BCUT2D eigenvalue weighted by molar-refractivity contribution is 0.442. The van der Waals surface area contributed by atoms with Gasteiger partial charge in [0, 0.05) is 5.69 Å². The molecular formula is C13H24N2OSi. The molecule has 0 atom stereocenters. The lowest BCUT2D eigenvalue weighted by Gasteiger charge is -2.35. The monoisotopic (exact) mass is 252 g/mol. The van der Waals surface area contributed by atoms with Crippen molar-refractivity contribution in [2.75, 3.05) is 5.73 Å². The highest BCUT2D eigenvalue weighted by molar-refractivity contribution is 6.72. The zero-order valence-electron chi connectivity index (χ0n) is 11.3. The number of hydrogen-bond acceptors (Lipinski definition) is 3. The van der Waals surface area contributed by atoms with Gasteiger partial charge >= 0.3 is 0 Å². The van der Waals surface area contributed by atoms with Gasteiger partial charge in [-0.2, -0.15) is 0 Å². The zero-order valence-corrected chi connectivity index (χ0v) is 12.3. The summed E-state index contributed by atoms with van der Waals surface area (Å²) in [6, 6.07) is 3.86. The Hall–Kier alpha value is -0.873. The van der Waals surface area contributed by atoms with Crippen LogP contribution in [-0.2, 0) is 6.42 Å². The quantitative estimate of drug-likeness (QED) is 0.792. The van der Waals surface area contributed by atoms with E-state index in [-0.39, 0.29) is 5.04 Å². The average molecular weight is 252 g/mol. The highest BCUT2D eigenvalue weighted by Crippen LogP contribution is 2.39. The van der Waals surface area contributed by atoms with E-state index in [1.165, 1.54) is 0 Å². The minimum Gasteiger partial charge on any atom is -0.432 e. The number of pyridine rings is 1. The van der Waals surface area contributed by atoms with Crippen molar-refractivity contribution in [3.63, 3.8) is 0 Å². The van der Waals surface area contributed by atoms with Crippen LogP contribution in [0.1, 0.15) is 32.4 Å². The Labute approximate surface area is 105 Å². The van der Waals surface area contributed by atoms with Crippen molar-refractivity contribution in [2.24, 2.45) is 0 Å². The third-order valence-electron chi connectivity index (χ3n) is 3.74. The molecule has 0 radical (unpaired) electrons. The Morgan fingerprint density at radius 1 is 1.35 bits per heavy atom. The molecule has 0 saturated heterocycles. The van der Waals surface area contributed by atoms with Crippen molar-refractivity contribution in [1.29, 1.82) is 0 Å². The number of nitrogens with zero attached hydrogens (tertiary/aromatic N) is 1. The fourth-order valence-electron chi connectivity index (χ4n) is 1.60. The predicted molar refractivity (Wildman–Crippen MR) is 75.3 cm³/mol. The van der Waals surface area contributed by atoms with Crippen LogP contribution in [0, 0.1) is 0 Å². The molecule has 0 aromatic carbocycles. The molecule has 0 aliphatic rings. The van der Waals surface area contributed by atoms with Crippen molar-refractivity contribution in [3.8, 4) is 0 Å². The second-order valence-corrected chi connectivity index (χ2v) is 10.4. The summed E-state index contributed by atoms with van der Waals surface area (Å²) in [6.07, 6.45) is 4.75. The van der Waals surface area contributed by atoms with E-state index >= 15 is 0 Å². The Kier molecular flexibility index (Phi) is 4.33. The number of hydrogen-bond donors (Lipinski definition) is 2. The summed E-state index contributed by atoms with van der Waals surface area (Å²) in [4.78, 5) is 14.5. The van der Waals surface area contributed by atoms with E-state index in [4.69, 9.17) is 5.73 Å². The summed E-state index contributed by atoms with van der Waals surface area (Å²) in [5.41, 5.74) is 7.37. The molecule has 1 aromatic heterocycles. The molecule has 0 spiro atoms. The van der Waals surface area contributed by atoms with Gasteiger partial charge in [0.15, 0.2) is 8.32 Å². The molecule has 0 fully saturated rings. The lowest BCUT2D eigenvalue weighted by atomic mass is 10.0. The summed E-state index contributed by atoms with van der Waals surface area (Å²) in [6.45, 7) is 8.34. The molecule has 0 amide bonds. The maximum atomic E-state index is 10.2. The van der Waals surface area contributed by atoms with Crippen LogP contribution in [0.5, 0.6) is 0 Å². The second-order valence-electron chi connectivity index (χ2n) is 5.88. The van der Waals surface area contributed by atoms with Gasteiger partial charge < -0.3 is 10.5 Å². The average Bonchev–Trinajstić information content (AvgIpc) is 2.19. The van der Waals surface area contributed by atoms with Gasteiger partial charge in [0.05, 0.1) is 11.9 Å². The standard InChI is InChI=1S/C13H24N2OSi/c1-13(2,17(3,4)16)9-5-6-12-8-7-11(14)10-15-12/h7-8,10,16H,5-6,9,14H2,1-4H3. The van der Waals surface area contributed by atoms with Gasteiger partial charge in [-0.25, -0.2) is 0 Å². The van der Waals surface area contributed by atoms with E-state index in [1.807, 2.05) is 25.2 Å². The number of aryl methyl sites for hydroxylation is 1. The largest absolute Gasteiger partial charge is 0.432 e. The van der Waals surface area contributed by atoms with Gasteiger partial charge in [-0.05, 0) is 49.5 Å². The van der Waals surface area contributed by atoms with Gasteiger partial charge in [-0.1, -0.05) is 13.8 Å². The molecule has 17 heavy (non-hydrogen) atoms. The number of nitrogens with two attached hydrogens (primary N) is 1. The molecule has 96 valence electrons. The maximum Gasteiger partial charge on any atom is 0.188 e. The van der Waals surface area contributed by atoms with Crippen LogP contribution in [0.25, 0.3) is 0 Å². The molecule has 4 heteroatoms. The highest BCUT2D eigenvalue weighted by atomic mass is 28.4. The van der Waals surface area contributed by atoms with Crippen LogP contribution in [0.4, 0.5) is 5.69 Å². The van der Waals surface area contributed by atoms with Crippen LogP contribution < -0.4 is 5.73 Å². The first-order valence-electron chi connectivity index (χ1n) is 6.15. The van der Waals surface area contributed by atoms with Crippen LogP contribution in [0.2, 0.25) is 18.1 Å². The molecule has 0 bridgehead atoms. The Morgan fingerprint density at radius 3 is 2.47 bits per heavy atom. The Balaban J connectivity index is 2.45. The molecule has 1 aromatic rings. The molecule has 0 aliphatic carbocycles. The van der Waals surface area contributed by atoms with Crippen LogP contribution in [0.3, 0.4) is 0 Å². The topological polar surface area (TPSA) is 59.1 Å². The van der Waals surface area contributed by atoms with E-state index in [9.17, 15) is 4.80 Å². The predicted octanol–water partition coefficient (Wildman–Crippen LogP) is 2.96. The summed E-state index contributed by atoms with van der Waals surface area (Å²) < 4.78 is 0. The van der Waals surface area contributed by atoms with E-state index in [2.05, 4.69) is 18.8 Å². The molecular weight excluding hydrogens is 228 g/mol. The summed E-state index contributed by atoms with van der Waals surface area (Å²) in [5, 5.41) is 0.0564. The number of nitrogen functional groups attached to an aromatic ring is 1. The SMILES string of the molecule is CC(C)(CCCc1ccc(N)cn1)[Si](C)(C)O. The summed E-state index contributed by atoms with van der Waals surface area (Å²) in [7, 11) is -2.07. The first kappa shape index (κ1) is 14.2. The van der Waals surface area contributed by atoms with E-state index in [0.717, 1.165) is 25.0 Å². The first-order valence-corrected chi connectivity index (χ1v) is 9.10. The highest BCUT2D eigenvalue weighted by Gasteiger charge is 2.37. The summed E-state index contributed by atoms with van der Waals surface area (Å²) >= 11 is 0. The molecule has 3 N–H and O–H groups in total. The lowest BCUT2D eigenvalue weighted by Crippen LogP contribution is -2.38. The van der Waals surface area contributed by atoms with Crippen molar-refractivity contribution in [2.45, 2.75) is 51.2 Å². The number of anilines is 1. The van der Waals surface area contributed by atoms with Crippen LogP contribution in [-0.4, -0.2) is 18.1 Å². The van der Waals surface area contributed by atoms with Crippen molar-refractivity contribution >= 4 is 14.0 Å². The fraction of sp³-hybridized carbons (Fsp3) is 0.615. The van der Waals surface area contributed by atoms with Gasteiger partial charge in [-0.15, -0.1) is 0 Å². The van der Waals surface area contributed by atoms with Gasteiger partial charge in [0.25, 0.3) is 0 Å². The smallest absolute Gasteiger partial charge is 0.188 e. The molecule has 1 heterocycles. The maximum absolute atomic E-state index is 10.2. The van der Waals surface area contributed by atoms with E-state index < -0.39 is 8.32 Å². The van der Waals surface area contributed by atoms with Gasteiger partial charge in [0.2, 0.25) is 0 Å². The third-order valence-corrected chi connectivity index (χ3v) is 7.30. The fourth-order valence-corrected chi connectivity index (χ4v) is 2.39. The van der Waals surface area contributed by atoms with Crippen molar-refractivity contribution in [1.82, 2.24) is 4.98 Å². The number of rotatable bonds is 5. The Bertz CT molecular complexity index is 355.